The second kappa shape index (κ2) is 11.3. The van der Waals surface area contributed by atoms with Crippen LogP contribution in [0.2, 0.25) is 0 Å². The van der Waals surface area contributed by atoms with Crippen LogP contribution in [0.15, 0.2) is 11.6 Å². The Morgan fingerprint density at radius 1 is 0.875 bits per heavy atom. The van der Waals surface area contributed by atoms with Crippen molar-refractivity contribution in [1.29, 1.82) is 0 Å². The van der Waals surface area contributed by atoms with Crippen molar-refractivity contribution >= 4 is 5.97 Å². The number of aliphatic hydroxyl groups is 5. The number of rotatable bonds is 0. The Morgan fingerprint density at radius 3 is 2.34 bits per heavy atom. The lowest BCUT2D eigenvalue weighted by atomic mass is 9.99. The first-order valence-corrected chi connectivity index (χ1v) is 11.0. The van der Waals surface area contributed by atoms with Crippen LogP contribution in [0.5, 0.6) is 0 Å². The molecular weight excluding hydrogens is 428 g/mol. The summed E-state index contributed by atoms with van der Waals surface area (Å²) in [5, 5.41) is 51.0. The number of fused-ring (bicyclic) bond motifs is 3. The first kappa shape index (κ1) is 25.5. The lowest BCUT2D eigenvalue weighted by molar-refractivity contribution is -0.321. The fourth-order valence-electron chi connectivity index (χ4n) is 3.83. The van der Waals surface area contributed by atoms with Crippen LogP contribution >= 0.6 is 0 Å². The van der Waals surface area contributed by atoms with E-state index in [0.29, 0.717) is 18.4 Å². The number of aliphatic hydroxyl groups excluding tert-OH is 5. The first-order chi connectivity index (χ1) is 15.2. The molecule has 2 saturated heterocycles. The van der Waals surface area contributed by atoms with Crippen LogP contribution < -0.4 is 0 Å². The van der Waals surface area contributed by atoms with Gasteiger partial charge in [0.1, 0.15) is 36.6 Å². The summed E-state index contributed by atoms with van der Waals surface area (Å²) in [6.45, 7) is 3.31. The summed E-state index contributed by atoms with van der Waals surface area (Å²) in [6, 6.07) is 0. The summed E-state index contributed by atoms with van der Waals surface area (Å²) >= 11 is 0. The molecule has 11 nitrogen and oxygen atoms in total. The van der Waals surface area contributed by atoms with Gasteiger partial charge in [0, 0.05) is 5.57 Å². The Kier molecular flexibility index (Phi) is 9.01. The molecule has 0 amide bonds. The van der Waals surface area contributed by atoms with Crippen molar-refractivity contribution in [2.45, 2.75) is 88.4 Å². The number of hydrogen-bond donors (Lipinski definition) is 5. The van der Waals surface area contributed by atoms with Crippen molar-refractivity contribution in [3.05, 3.63) is 11.6 Å². The third-order valence-corrected chi connectivity index (χ3v) is 6.09. The van der Waals surface area contributed by atoms with E-state index < -0.39 is 61.3 Å². The van der Waals surface area contributed by atoms with Crippen LogP contribution in [0.3, 0.4) is 0 Å². The van der Waals surface area contributed by atoms with E-state index in [-0.39, 0.29) is 25.7 Å². The largest absolute Gasteiger partial charge is 0.451 e. The van der Waals surface area contributed by atoms with E-state index in [0.717, 1.165) is 6.42 Å². The molecule has 2 fully saturated rings. The Morgan fingerprint density at radius 2 is 1.59 bits per heavy atom. The second-order valence-corrected chi connectivity index (χ2v) is 8.71. The van der Waals surface area contributed by atoms with Crippen LogP contribution in [-0.4, -0.2) is 107 Å². The summed E-state index contributed by atoms with van der Waals surface area (Å²) in [6.07, 6.45) is -8.22. The topological polar surface area (TPSA) is 164 Å². The van der Waals surface area contributed by atoms with Gasteiger partial charge in [0.15, 0.2) is 18.7 Å². The molecule has 0 aromatic heterocycles. The predicted octanol–water partition coefficient (Wildman–Crippen LogP) is -1.42. The second-order valence-electron chi connectivity index (χ2n) is 8.71. The Hall–Kier alpha value is -1.15. The summed E-state index contributed by atoms with van der Waals surface area (Å²) < 4.78 is 27.6. The minimum Gasteiger partial charge on any atom is -0.451 e. The van der Waals surface area contributed by atoms with Crippen molar-refractivity contribution in [2.75, 3.05) is 19.8 Å². The molecule has 0 saturated carbocycles. The van der Waals surface area contributed by atoms with Gasteiger partial charge in [-0.3, -0.25) is 0 Å². The maximum atomic E-state index is 12.5. The molecule has 0 aromatic rings. The summed E-state index contributed by atoms with van der Waals surface area (Å²) in [4.78, 5) is 12.5. The van der Waals surface area contributed by atoms with Gasteiger partial charge in [-0.15, -0.1) is 0 Å². The van der Waals surface area contributed by atoms with Crippen LogP contribution in [0.1, 0.15) is 33.1 Å². The maximum Gasteiger partial charge on any atom is 0.333 e. The van der Waals surface area contributed by atoms with Gasteiger partial charge < -0.3 is 49.2 Å². The van der Waals surface area contributed by atoms with Gasteiger partial charge in [-0.1, -0.05) is 13.0 Å². The van der Waals surface area contributed by atoms with E-state index in [1.165, 1.54) is 0 Å². The number of esters is 1. The highest BCUT2D eigenvalue weighted by Crippen LogP contribution is 2.26. The zero-order chi connectivity index (χ0) is 23.4. The van der Waals surface area contributed by atoms with Crippen molar-refractivity contribution in [2.24, 2.45) is 5.92 Å². The standard InChI is InChI=1S/C21H34O11/c1-10-4-3-5-11(2)19(27)32-18-14(23)12(22)8-29-21(18)30-9-13-15(24)16(25)17(26)20(31-13)28-7-6-10/h5,10,12-18,20-26H,3-4,6-9H2,1-2H3/b11-5+/t10-,12+,13-,14+,15-,16+,17-,18-,20-,21+/m1/s1. The molecule has 0 aliphatic carbocycles. The average molecular weight is 462 g/mol. The monoisotopic (exact) mass is 462 g/mol. The lowest BCUT2D eigenvalue weighted by Gasteiger charge is -2.42. The Labute approximate surface area is 186 Å². The van der Waals surface area contributed by atoms with Gasteiger partial charge in [-0.05, 0) is 32.1 Å². The normalized spacial score (nSPS) is 46.8. The molecule has 32 heavy (non-hydrogen) atoms. The minimum atomic E-state index is -1.53. The quantitative estimate of drug-likeness (QED) is 0.268. The van der Waals surface area contributed by atoms with Crippen molar-refractivity contribution in [3.8, 4) is 0 Å². The number of hydrogen-bond acceptors (Lipinski definition) is 11. The third kappa shape index (κ3) is 6.04. The Bertz CT molecular complexity index is 656. The maximum absolute atomic E-state index is 12.5. The smallest absolute Gasteiger partial charge is 0.333 e. The van der Waals surface area contributed by atoms with Crippen LogP contribution in [0.4, 0.5) is 0 Å². The minimum absolute atomic E-state index is 0.245. The molecule has 3 aliphatic heterocycles. The highest BCUT2D eigenvalue weighted by atomic mass is 16.7. The van der Waals surface area contributed by atoms with Gasteiger partial charge in [0.25, 0.3) is 0 Å². The van der Waals surface area contributed by atoms with E-state index in [9.17, 15) is 30.3 Å². The summed E-state index contributed by atoms with van der Waals surface area (Å²) in [5.41, 5.74) is 0.352. The molecule has 10 atom stereocenters. The predicted molar refractivity (Wildman–Crippen MR) is 107 cm³/mol. The third-order valence-electron chi connectivity index (χ3n) is 6.09. The van der Waals surface area contributed by atoms with Crippen molar-refractivity contribution < 1.29 is 54.0 Å². The van der Waals surface area contributed by atoms with Gasteiger partial charge in [0.05, 0.1) is 19.8 Å². The van der Waals surface area contributed by atoms with E-state index in [2.05, 4.69) is 0 Å². The fraction of sp³-hybridized carbons (Fsp3) is 0.857. The van der Waals surface area contributed by atoms with Crippen LogP contribution in [0.25, 0.3) is 0 Å². The highest BCUT2D eigenvalue weighted by Gasteiger charge is 2.47. The average Bonchev–Trinajstić information content (AvgIpc) is 2.76. The summed E-state index contributed by atoms with van der Waals surface area (Å²) in [5.74, 6) is -0.428. The van der Waals surface area contributed by atoms with Crippen molar-refractivity contribution in [1.82, 2.24) is 0 Å². The molecule has 184 valence electrons. The van der Waals surface area contributed by atoms with Crippen LogP contribution in [0, 0.1) is 5.92 Å². The van der Waals surface area contributed by atoms with Crippen LogP contribution in [-0.2, 0) is 28.5 Å². The molecule has 2 bridgehead atoms. The van der Waals surface area contributed by atoms with E-state index in [1.54, 1.807) is 13.0 Å². The zero-order valence-electron chi connectivity index (χ0n) is 18.3. The lowest BCUT2D eigenvalue weighted by Crippen LogP contribution is -2.60. The molecule has 0 spiro atoms. The highest BCUT2D eigenvalue weighted by molar-refractivity contribution is 5.87. The molecule has 0 unspecified atom stereocenters. The number of carbonyl (C=O) groups excluding carboxylic acids is 1. The summed E-state index contributed by atoms with van der Waals surface area (Å²) in [7, 11) is 0. The van der Waals surface area contributed by atoms with Gasteiger partial charge in [-0.2, -0.15) is 0 Å². The first-order valence-electron chi connectivity index (χ1n) is 11.0. The fourth-order valence-corrected chi connectivity index (χ4v) is 3.83. The van der Waals surface area contributed by atoms with Gasteiger partial charge in [-0.25, -0.2) is 4.79 Å². The van der Waals surface area contributed by atoms with E-state index in [1.807, 2.05) is 6.92 Å². The molecule has 3 rings (SSSR count). The zero-order valence-corrected chi connectivity index (χ0v) is 18.3. The molecule has 0 radical (unpaired) electrons. The van der Waals surface area contributed by atoms with E-state index >= 15 is 0 Å². The molecule has 5 N–H and O–H groups in total. The Balaban J connectivity index is 1.80. The molecule has 3 heterocycles. The molecule has 11 heteroatoms. The van der Waals surface area contributed by atoms with Crippen molar-refractivity contribution in [3.63, 3.8) is 0 Å². The SMILES string of the molecule is C/C1=C\CC[C@@H](C)CCO[C@@H]2O[C@H](CO[C@@H]3OC[C@H](O)[C@H](O)[C@H]3OC1=O)[C@@H](O)[C@H](O)[C@H]2O. The molecule has 0 aromatic carbocycles. The molecular formula is C21H34O11. The number of allylic oxidation sites excluding steroid dienone is 1. The van der Waals surface area contributed by atoms with E-state index in [4.69, 9.17) is 23.7 Å². The van der Waals surface area contributed by atoms with Gasteiger partial charge in [0.2, 0.25) is 0 Å². The number of carbonyl (C=O) groups is 1. The molecule has 3 aliphatic rings. The van der Waals surface area contributed by atoms with Gasteiger partial charge >= 0.3 is 5.97 Å². The number of ether oxygens (including phenoxy) is 5.